The third-order valence-electron chi connectivity index (χ3n) is 2.67. The number of aromatic nitrogens is 4. The topological polar surface area (TPSA) is 64.7 Å². The molecule has 0 bridgehead atoms. The predicted molar refractivity (Wildman–Crippen MR) is 79.0 cm³/mol. The highest BCUT2D eigenvalue weighted by molar-refractivity contribution is 7.39. The minimum absolute atomic E-state index is 0.404. The van der Waals surface area contributed by atoms with Crippen LogP contribution in [0.15, 0.2) is 34.6 Å². The Kier molecular flexibility index (Phi) is 2.76. The van der Waals surface area contributed by atoms with Gasteiger partial charge in [-0.25, -0.2) is 4.98 Å². The molecule has 0 saturated heterocycles. The molecule has 0 amide bonds. The van der Waals surface area contributed by atoms with Crippen LogP contribution in [-0.4, -0.2) is 20.1 Å². The number of hydrogen-bond acceptors (Lipinski definition) is 7. The van der Waals surface area contributed by atoms with Gasteiger partial charge in [0.2, 0.25) is 5.82 Å². The zero-order valence-corrected chi connectivity index (χ0v) is 12.2. The van der Waals surface area contributed by atoms with Crippen molar-refractivity contribution in [3.63, 3.8) is 0 Å². The third kappa shape index (κ3) is 1.82. The van der Waals surface area contributed by atoms with Gasteiger partial charge in [-0.1, -0.05) is 16.8 Å². The molecule has 0 N–H and O–H groups in total. The number of halogens is 1. The minimum atomic E-state index is 0.404. The molecule has 0 saturated carbocycles. The van der Waals surface area contributed by atoms with Crippen molar-refractivity contribution in [2.24, 2.45) is 0 Å². The molecule has 4 heterocycles. The highest BCUT2D eigenvalue weighted by atomic mass is 35.5. The van der Waals surface area contributed by atoms with E-state index in [1.807, 2.05) is 11.4 Å². The maximum Gasteiger partial charge on any atom is 0.269 e. The van der Waals surface area contributed by atoms with Crippen LogP contribution in [0.5, 0.6) is 0 Å². The molecular formula is C12H5ClN4OS2. The van der Waals surface area contributed by atoms with Crippen molar-refractivity contribution in [3.05, 3.63) is 35.1 Å². The number of fused-ring (bicyclic) bond motifs is 1. The average molecular weight is 321 g/mol. The van der Waals surface area contributed by atoms with E-state index in [0.29, 0.717) is 22.4 Å². The monoisotopic (exact) mass is 320 g/mol. The fraction of sp³-hybridized carbons (Fsp3) is 0. The van der Waals surface area contributed by atoms with Crippen molar-refractivity contribution in [1.82, 2.24) is 20.1 Å². The Morgan fingerprint density at radius 1 is 1.25 bits per heavy atom. The Hall–Kier alpha value is -1.83. The van der Waals surface area contributed by atoms with Crippen LogP contribution in [0.2, 0.25) is 5.02 Å². The van der Waals surface area contributed by atoms with Crippen LogP contribution in [0.1, 0.15) is 0 Å². The van der Waals surface area contributed by atoms with Crippen LogP contribution in [0.25, 0.3) is 31.7 Å². The van der Waals surface area contributed by atoms with E-state index in [4.69, 9.17) is 16.1 Å². The SMILES string of the molecule is Clc1c(-c2nc(-c3cnccn3)no2)sc2sccc12. The molecule has 0 radical (unpaired) electrons. The van der Waals surface area contributed by atoms with Gasteiger partial charge in [-0.3, -0.25) is 4.98 Å². The minimum Gasteiger partial charge on any atom is -0.333 e. The summed E-state index contributed by atoms with van der Waals surface area (Å²) in [5.74, 6) is 0.810. The van der Waals surface area contributed by atoms with Crippen LogP contribution < -0.4 is 0 Å². The third-order valence-corrected chi connectivity index (χ3v) is 5.41. The molecule has 0 aliphatic rings. The van der Waals surface area contributed by atoms with Gasteiger partial charge in [0.05, 0.1) is 15.2 Å². The Morgan fingerprint density at radius 2 is 2.20 bits per heavy atom. The maximum atomic E-state index is 6.35. The van der Waals surface area contributed by atoms with Crippen LogP contribution >= 0.6 is 34.3 Å². The van der Waals surface area contributed by atoms with Gasteiger partial charge in [0.15, 0.2) is 0 Å². The molecule has 0 aliphatic heterocycles. The quantitative estimate of drug-likeness (QED) is 0.555. The van der Waals surface area contributed by atoms with Crippen molar-refractivity contribution in [1.29, 1.82) is 0 Å². The first-order chi connectivity index (χ1) is 9.83. The second-order valence-corrected chi connectivity index (χ2v) is 6.45. The van der Waals surface area contributed by atoms with Gasteiger partial charge in [0.1, 0.15) is 10.6 Å². The van der Waals surface area contributed by atoms with Crippen LogP contribution in [0.4, 0.5) is 0 Å². The van der Waals surface area contributed by atoms with Crippen molar-refractivity contribution >= 4 is 43.7 Å². The number of thiophene rings is 2. The first-order valence-corrected chi connectivity index (χ1v) is 7.66. The van der Waals surface area contributed by atoms with E-state index in [1.165, 1.54) is 0 Å². The first-order valence-electron chi connectivity index (χ1n) is 5.59. The molecule has 0 spiro atoms. The van der Waals surface area contributed by atoms with Crippen molar-refractivity contribution in [2.45, 2.75) is 0 Å². The largest absolute Gasteiger partial charge is 0.333 e. The molecule has 0 unspecified atom stereocenters. The number of rotatable bonds is 2. The molecule has 4 aromatic heterocycles. The van der Waals surface area contributed by atoms with E-state index in [1.54, 1.807) is 41.3 Å². The van der Waals surface area contributed by atoms with Crippen molar-refractivity contribution < 1.29 is 4.52 Å². The summed E-state index contributed by atoms with van der Waals surface area (Å²) in [6, 6.07) is 1.99. The zero-order valence-electron chi connectivity index (χ0n) is 9.78. The summed E-state index contributed by atoms with van der Waals surface area (Å²) < 4.78 is 6.43. The fourth-order valence-electron chi connectivity index (χ4n) is 1.77. The normalized spacial score (nSPS) is 11.2. The molecule has 8 heteroatoms. The Balaban J connectivity index is 1.82. The molecular weight excluding hydrogens is 316 g/mol. The smallest absolute Gasteiger partial charge is 0.269 e. The Morgan fingerprint density at radius 3 is 3.00 bits per heavy atom. The number of hydrogen-bond donors (Lipinski definition) is 0. The lowest BCUT2D eigenvalue weighted by molar-refractivity contribution is 0.433. The first kappa shape index (κ1) is 12.0. The molecule has 0 aromatic carbocycles. The van der Waals surface area contributed by atoms with Crippen LogP contribution in [-0.2, 0) is 0 Å². The lowest BCUT2D eigenvalue weighted by Gasteiger charge is -1.89. The van der Waals surface area contributed by atoms with E-state index in [9.17, 15) is 0 Å². The van der Waals surface area contributed by atoms with Crippen molar-refractivity contribution in [2.75, 3.05) is 0 Å². The molecule has 0 aliphatic carbocycles. The van der Waals surface area contributed by atoms with E-state index < -0.39 is 0 Å². The van der Waals surface area contributed by atoms with Gasteiger partial charge in [0, 0.05) is 17.8 Å². The van der Waals surface area contributed by atoms with Gasteiger partial charge in [-0.2, -0.15) is 4.98 Å². The highest BCUT2D eigenvalue weighted by Crippen LogP contribution is 2.43. The highest BCUT2D eigenvalue weighted by Gasteiger charge is 2.19. The molecule has 20 heavy (non-hydrogen) atoms. The van der Waals surface area contributed by atoms with Gasteiger partial charge in [-0.15, -0.1) is 22.7 Å². The summed E-state index contributed by atoms with van der Waals surface area (Å²) in [5, 5.41) is 7.61. The second kappa shape index (κ2) is 4.62. The average Bonchev–Trinajstić information content (AvgIpc) is 3.18. The van der Waals surface area contributed by atoms with E-state index in [-0.39, 0.29) is 0 Å². The van der Waals surface area contributed by atoms with E-state index in [2.05, 4.69) is 20.1 Å². The fourth-order valence-corrected chi connectivity index (χ4v) is 4.30. The van der Waals surface area contributed by atoms with Gasteiger partial charge < -0.3 is 4.52 Å². The lowest BCUT2D eigenvalue weighted by Crippen LogP contribution is -1.85. The van der Waals surface area contributed by atoms with Crippen molar-refractivity contribution in [3.8, 4) is 22.3 Å². The molecule has 4 aromatic rings. The standard InChI is InChI=1S/C12H5ClN4OS2/c13-8-6-1-4-19-12(6)20-9(8)11-16-10(17-18-11)7-5-14-2-3-15-7/h1-5H. The zero-order chi connectivity index (χ0) is 13.5. The van der Waals surface area contributed by atoms with Gasteiger partial charge >= 0.3 is 0 Å². The molecule has 5 nitrogen and oxygen atoms in total. The molecule has 0 atom stereocenters. The van der Waals surface area contributed by atoms with Crippen LogP contribution in [0, 0.1) is 0 Å². The van der Waals surface area contributed by atoms with Gasteiger partial charge in [-0.05, 0) is 11.4 Å². The molecule has 4 rings (SSSR count). The summed E-state index contributed by atoms with van der Waals surface area (Å²) >= 11 is 9.54. The summed E-state index contributed by atoms with van der Waals surface area (Å²) in [6.07, 6.45) is 4.76. The second-order valence-electron chi connectivity index (χ2n) is 3.88. The van der Waals surface area contributed by atoms with Crippen LogP contribution in [0.3, 0.4) is 0 Å². The number of nitrogens with zero attached hydrogens (tertiary/aromatic N) is 4. The van der Waals surface area contributed by atoms with E-state index >= 15 is 0 Å². The molecule has 98 valence electrons. The Labute approximate surface area is 125 Å². The summed E-state index contributed by atoms with van der Waals surface area (Å²) in [6.45, 7) is 0. The Bertz CT molecular complexity index is 883. The summed E-state index contributed by atoms with van der Waals surface area (Å²) in [5.41, 5.74) is 0.567. The van der Waals surface area contributed by atoms with E-state index in [0.717, 1.165) is 14.3 Å². The summed E-state index contributed by atoms with van der Waals surface area (Å²) in [4.78, 5) is 13.2. The maximum absolute atomic E-state index is 6.35. The lowest BCUT2D eigenvalue weighted by atomic mass is 10.3. The van der Waals surface area contributed by atoms with Gasteiger partial charge in [0.25, 0.3) is 5.89 Å². The molecule has 0 fully saturated rings. The predicted octanol–water partition coefficient (Wildman–Crippen LogP) is 4.12. The summed E-state index contributed by atoms with van der Waals surface area (Å²) in [7, 11) is 0.